The number of anilines is 1. The van der Waals surface area contributed by atoms with E-state index in [0.29, 0.717) is 5.92 Å². The maximum Gasteiger partial charge on any atom is 0.204 e. The summed E-state index contributed by atoms with van der Waals surface area (Å²) in [6.07, 6.45) is 2.75. The molecule has 1 aliphatic rings. The molecule has 1 saturated heterocycles. The van der Waals surface area contributed by atoms with E-state index in [9.17, 15) is 0 Å². The molecule has 2 heterocycles. The van der Waals surface area contributed by atoms with Gasteiger partial charge in [0.05, 0.1) is 5.38 Å². The molecule has 0 aromatic carbocycles. The molecule has 2 unspecified atom stereocenters. The molecule has 3 nitrogen and oxygen atoms in total. The number of piperidine rings is 1. The van der Waals surface area contributed by atoms with E-state index >= 15 is 0 Å². The Morgan fingerprint density at radius 2 is 2.54 bits per heavy atom. The van der Waals surface area contributed by atoms with Crippen molar-refractivity contribution in [1.82, 2.24) is 9.36 Å². The number of nitrogens with zero attached hydrogens (tertiary/aromatic N) is 3. The fourth-order valence-corrected chi connectivity index (χ4v) is 2.36. The third-order valence-electron chi connectivity index (χ3n) is 2.49. The number of halogens is 1. The maximum absolute atomic E-state index is 6.19. The summed E-state index contributed by atoms with van der Waals surface area (Å²) in [5.41, 5.74) is 0. The van der Waals surface area contributed by atoms with Crippen LogP contribution in [0, 0.1) is 5.92 Å². The van der Waals surface area contributed by atoms with Gasteiger partial charge in [-0.25, -0.2) is 4.98 Å². The zero-order valence-electron chi connectivity index (χ0n) is 7.48. The quantitative estimate of drug-likeness (QED) is 0.674. The Hall–Kier alpha value is -0.350. The van der Waals surface area contributed by atoms with Crippen molar-refractivity contribution in [3.05, 3.63) is 6.33 Å². The smallest absolute Gasteiger partial charge is 0.204 e. The van der Waals surface area contributed by atoms with Crippen LogP contribution in [0.4, 0.5) is 5.13 Å². The Bertz CT molecular complexity index is 264. The van der Waals surface area contributed by atoms with Crippen molar-refractivity contribution in [2.75, 3.05) is 18.0 Å². The highest BCUT2D eigenvalue weighted by molar-refractivity contribution is 7.09. The van der Waals surface area contributed by atoms with Crippen LogP contribution in [-0.2, 0) is 0 Å². The van der Waals surface area contributed by atoms with Crippen LogP contribution in [-0.4, -0.2) is 27.8 Å². The Labute approximate surface area is 86.9 Å². The van der Waals surface area contributed by atoms with Crippen LogP contribution in [0.15, 0.2) is 6.33 Å². The summed E-state index contributed by atoms with van der Waals surface area (Å²) >= 11 is 7.63. The first-order chi connectivity index (χ1) is 6.27. The minimum absolute atomic E-state index is 0.248. The summed E-state index contributed by atoms with van der Waals surface area (Å²) in [5, 5.41) is 1.25. The molecule has 1 aromatic rings. The lowest BCUT2D eigenvalue weighted by atomic mass is 9.99. The highest BCUT2D eigenvalue weighted by Gasteiger charge is 2.25. The van der Waals surface area contributed by atoms with Gasteiger partial charge in [-0.05, 0) is 12.3 Å². The van der Waals surface area contributed by atoms with Crippen molar-refractivity contribution >= 4 is 28.3 Å². The van der Waals surface area contributed by atoms with Crippen molar-refractivity contribution in [3.8, 4) is 0 Å². The molecule has 0 bridgehead atoms. The molecule has 0 saturated carbocycles. The van der Waals surface area contributed by atoms with Gasteiger partial charge in [0.1, 0.15) is 6.33 Å². The van der Waals surface area contributed by atoms with Gasteiger partial charge in [0, 0.05) is 24.6 Å². The fourth-order valence-electron chi connectivity index (χ4n) is 1.50. The fraction of sp³-hybridized carbons (Fsp3) is 0.750. The van der Waals surface area contributed by atoms with Gasteiger partial charge in [0.2, 0.25) is 5.13 Å². The molecule has 2 rings (SSSR count). The van der Waals surface area contributed by atoms with E-state index in [1.165, 1.54) is 11.5 Å². The molecule has 0 amide bonds. The lowest BCUT2D eigenvalue weighted by Crippen LogP contribution is -2.40. The number of alkyl halides is 1. The van der Waals surface area contributed by atoms with Crippen molar-refractivity contribution in [3.63, 3.8) is 0 Å². The van der Waals surface area contributed by atoms with Gasteiger partial charge in [-0.15, -0.1) is 11.6 Å². The predicted molar refractivity (Wildman–Crippen MR) is 55.5 cm³/mol. The zero-order chi connectivity index (χ0) is 9.26. The van der Waals surface area contributed by atoms with Crippen LogP contribution in [0.3, 0.4) is 0 Å². The molecule has 0 N–H and O–H groups in total. The largest absolute Gasteiger partial charge is 0.345 e. The van der Waals surface area contributed by atoms with Crippen LogP contribution < -0.4 is 4.90 Å². The molecular formula is C8H12ClN3S. The lowest BCUT2D eigenvalue weighted by Gasteiger charge is -2.33. The maximum atomic E-state index is 6.19. The third kappa shape index (κ3) is 1.94. The summed E-state index contributed by atoms with van der Waals surface area (Å²) < 4.78 is 3.99. The first kappa shape index (κ1) is 9.21. The van der Waals surface area contributed by atoms with E-state index in [4.69, 9.17) is 11.6 Å². The molecule has 1 aliphatic heterocycles. The Morgan fingerprint density at radius 3 is 3.15 bits per heavy atom. The second-order valence-corrected chi connectivity index (χ2v) is 4.77. The van der Waals surface area contributed by atoms with Crippen molar-refractivity contribution in [2.24, 2.45) is 5.92 Å². The summed E-state index contributed by atoms with van der Waals surface area (Å²) in [6, 6.07) is 0. The second-order valence-electron chi connectivity index (χ2n) is 3.45. The van der Waals surface area contributed by atoms with Gasteiger partial charge in [-0.3, -0.25) is 0 Å². The van der Waals surface area contributed by atoms with Crippen LogP contribution in [0.1, 0.15) is 13.3 Å². The van der Waals surface area contributed by atoms with Gasteiger partial charge in [0.25, 0.3) is 0 Å². The first-order valence-electron chi connectivity index (χ1n) is 4.43. The summed E-state index contributed by atoms with van der Waals surface area (Å²) in [6.45, 7) is 4.16. The third-order valence-corrected chi connectivity index (χ3v) is 3.78. The van der Waals surface area contributed by atoms with Crippen molar-refractivity contribution < 1.29 is 0 Å². The van der Waals surface area contributed by atoms with E-state index < -0.39 is 0 Å². The van der Waals surface area contributed by atoms with Crippen LogP contribution in [0.5, 0.6) is 0 Å². The van der Waals surface area contributed by atoms with E-state index in [2.05, 4.69) is 21.2 Å². The van der Waals surface area contributed by atoms with Crippen molar-refractivity contribution in [1.29, 1.82) is 0 Å². The van der Waals surface area contributed by atoms with Crippen LogP contribution in [0.2, 0.25) is 0 Å². The zero-order valence-corrected chi connectivity index (χ0v) is 9.05. The van der Waals surface area contributed by atoms with Gasteiger partial charge >= 0.3 is 0 Å². The molecule has 0 aliphatic carbocycles. The van der Waals surface area contributed by atoms with Gasteiger partial charge in [-0.2, -0.15) is 4.37 Å². The summed E-state index contributed by atoms with van der Waals surface area (Å²) in [4.78, 5) is 6.39. The number of rotatable bonds is 1. The Kier molecular flexibility index (Phi) is 2.69. The minimum atomic E-state index is 0.248. The average molecular weight is 218 g/mol. The van der Waals surface area contributed by atoms with Crippen molar-refractivity contribution in [2.45, 2.75) is 18.7 Å². The molecule has 1 fully saturated rings. The Morgan fingerprint density at radius 1 is 1.69 bits per heavy atom. The average Bonchev–Trinajstić information content (AvgIpc) is 2.62. The van der Waals surface area contributed by atoms with E-state index in [1.54, 1.807) is 6.33 Å². The van der Waals surface area contributed by atoms with E-state index in [-0.39, 0.29) is 5.38 Å². The van der Waals surface area contributed by atoms with Gasteiger partial charge in [-0.1, -0.05) is 6.92 Å². The highest BCUT2D eigenvalue weighted by Crippen LogP contribution is 2.26. The van der Waals surface area contributed by atoms with Gasteiger partial charge < -0.3 is 4.90 Å². The highest BCUT2D eigenvalue weighted by atomic mass is 35.5. The Balaban J connectivity index is 2.03. The van der Waals surface area contributed by atoms with E-state index in [0.717, 1.165) is 24.6 Å². The molecule has 2 atom stereocenters. The lowest BCUT2D eigenvalue weighted by molar-refractivity contribution is 0.445. The molecule has 0 radical (unpaired) electrons. The monoisotopic (exact) mass is 217 g/mol. The summed E-state index contributed by atoms with van der Waals surface area (Å²) in [7, 11) is 0. The SMILES string of the molecule is CC1CCN(c2ncns2)CC1Cl. The molecule has 5 heteroatoms. The standard InChI is InChI=1S/C8H12ClN3S/c1-6-2-3-12(4-7(6)9)8-10-5-11-13-8/h5-7H,2-4H2,1H3. The second kappa shape index (κ2) is 3.80. The molecule has 13 heavy (non-hydrogen) atoms. The summed E-state index contributed by atoms with van der Waals surface area (Å²) in [5.74, 6) is 0.617. The van der Waals surface area contributed by atoms with Gasteiger partial charge in [0.15, 0.2) is 0 Å². The molecule has 72 valence electrons. The van der Waals surface area contributed by atoms with Crippen LogP contribution >= 0.6 is 23.1 Å². The first-order valence-corrected chi connectivity index (χ1v) is 5.64. The number of aromatic nitrogens is 2. The normalized spacial score (nSPS) is 29.2. The molecule has 1 aromatic heterocycles. The number of hydrogen-bond donors (Lipinski definition) is 0. The van der Waals surface area contributed by atoms with Crippen LogP contribution in [0.25, 0.3) is 0 Å². The molecule has 0 spiro atoms. The molecular weight excluding hydrogens is 206 g/mol. The van der Waals surface area contributed by atoms with E-state index in [1.807, 2.05) is 0 Å². The minimum Gasteiger partial charge on any atom is -0.345 e. The topological polar surface area (TPSA) is 29.0 Å². The predicted octanol–water partition coefficient (Wildman–Crippen LogP) is 1.99. The number of hydrogen-bond acceptors (Lipinski definition) is 4.